The Morgan fingerprint density at radius 3 is 2.58 bits per heavy atom. The number of carboxylic acids is 1. The Labute approximate surface area is 178 Å². The Morgan fingerprint density at radius 1 is 1.35 bits per heavy atom. The van der Waals surface area contributed by atoms with E-state index < -0.39 is 43.1 Å². The summed E-state index contributed by atoms with van der Waals surface area (Å²) in [6.07, 6.45) is -1.04. The van der Waals surface area contributed by atoms with Crippen molar-refractivity contribution in [1.29, 1.82) is 0 Å². The lowest BCUT2D eigenvalue weighted by molar-refractivity contribution is -0.138. The van der Waals surface area contributed by atoms with Gasteiger partial charge in [0.2, 0.25) is 0 Å². The van der Waals surface area contributed by atoms with Crippen molar-refractivity contribution in [2.75, 3.05) is 11.9 Å². The highest BCUT2D eigenvalue weighted by atomic mass is 28.3. The molecule has 0 bridgehead atoms. The molecule has 0 aliphatic carbocycles. The van der Waals surface area contributed by atoms with E-state index in [1.807, 2.05) is 0 Å². The number of rotatable bonds is 10. The van der Waals surface area contributed by atoms with Gasteiger partial charge in [0, 0.05) is 39.7 Å². The quantitative estimate of drug-likeness (QED) is 0.416. The van der Waals surface area contributed by atoms with Gasteiger partial charge in [-0.15, -0.1) is 0 Å². The summed E-state index contributed by atoms with van der Waals surface area (Å²) in [4.78, 5) is 23.4. The van der Waals surface area contributed by atoms with Crippen LogP contribution in [-0.4, -0.2) is 46.1 Å². The summed E-state index contributed by atoms with van der Waals surface area (Å²) in [7, 11) is -1.37. The minimum Gasteiger partial charge on any atom is -0.478 e. The molecule has 2 heterocycles. The number of nitrogens with one attached hydrogen (secondary N) is 1. The van der Waals surface area contributed by atoms with Crippen molar-refractivity contribution >= 4 is 19.7 Å². The number of nitrogens with zero attached hydrogens (tertiary/aromatic N) is 3. The van der Waals surface area contributed by atoms with Crippen LogP contribution in [0.2, 0.25) is 25.7 Å². The van der Waals surface area contributed by atoms with E-state index in [1.165, 1.54) is 23.0 Å². The second-order valence-electron chi connectivity index (χ2n) is 8.53. The number of aromatic nitrogens is 3. The fourth-order valence-electron chi connectivity index (χ4n) is 2.80. The van der Waals surface area contributed by atoms with E-state index in [1.54, 1.807) is 6.92 Å². The van der Waals surface area contributed by atoms with Gasteiger partial charge in [-0.1, -0.05) is 19.6 Å². The molecule has 2 aromatic heterocycles. The van der Waals surface area contributed by atoms with Crippen LogP contribution in [0.15, 0.2) is 29.5 Å². The largest absolute Gasteiger partial charge is 0.478 e. The lowest BCUT2D eigenvalue weighted by Gasteiger charge is -2.20. The average Bonchev–Trinajstić information content (AvgIpc) is 3.06. The number of anilines is 1. The summed E-state index contributed by atoms with van der Waals surface area (Å²) in [5.74, 6) is -1.10. The van der Waals surface area contributed by atoms with E-state index >= 15 is 0 Å². The molecule has 1 unspecified atom stereocenters. The van der Waals surface area contributed by atoms with Crippen molar-refractivity contribution in [1.82, 2.24) is 14.3 Å². The lowest BCUT2D eigenvalue weighted by Crippen LogP contribution is -2.34. The third-order valence-electron chi connectivity index (χ3n) is 4.42. The molecule has 0 aliphatic rings. The molecule has 0 aromatic carbocycles. The van der Waals surface area contributed by atoms with E-state index in [4.69, 9.17) is 9.84 Å². The molecular weight excluding hydrogens is 433 g/mol. The third kappa shape index (κ3) is 7.24. The highest BCUT2D eigenvalue weighted by Gasteiger charge is 2.38. The number of alkyl halides is 3. The molecule has 0 saturated heterocycles. The van der Waals surface area contributed by atoms with E-state index in [9.17, 15) is 22.8 Å². The van der Waals surface area contributed by atoms with Crippen LogP contribution in [0.3, 0.4) is 0 Å². The van der Waals surface area contributed by atoms with Gasteiger partial charge in [-0.05, 0) is 19.0 Å². The number of ether oxygens (including phenoxy) is 1. The van der Waals surface area contributed by atoms with Crippen LogP contribution < -0.4 is 10.9 Å². The zero-order valence-corrected chi connectivity index (χ0v) is 18.9. The summed E-state index contributed by atoms with van der Waals surface area (Å²) >= 11 is 0. The molecule has 2 rings (SSSR count). The molecule has 8 nitrogen and oxygen atoms in total. The first-order chi connectivity index (χ1) is 14.3. The average molecular weight is 461 g/mol. The van der Waals surface area contributed by atoms with E-state index in [0.717, 1.165) is 12.2 Å². The number of carboxylic acid groups (broad SMARTS) is 1. The highest BCUT2D eigenvalue weighted by Crippen LogP contribution is 2.32. The van der Waals surface area contributed by atoms with Gasteiger partial charge in [-0.25, -0.2) is 9.48 Å². The van der Waals surface area contributed by atoms with E-state index in [2.05, 4.69) is 30.1 Å². The zero-order chi connectivity index (χ0) is 23.4. The first kappa shape index (κ1) is 24.7. The molecule has 2 N–H and O–H groups in total. The number of carbonyl (C=O) groups is 1. The maximum Gasteiger partial charge on any atom is 0.423 e. The van der Waals surface area contributed by atoms with Crippen LogP contribution in [0.1, 0.15) is 22.8 Å². The van der Waals surface area contributed by atoms with Crippen molar-refractivity contribution in [3.63, 3.8) is 0 Å². The molecule has 172 valence electrons. The van der Waals surface area contributed by atoms with E-state index in [-0.39, 0.29) is 18.8 Å². The Hall–Kier alpha value is -2.60. The zero-order valence-electron chi connectivity index (χ0n) is 17.9. The van der Waals surface area contributed by atoms with Crippen LogP contribution in [0.4, 0.5) is 18.9 Å². The molecule has 0 radical (unpaired) electrons. The van der Waals surface area contributed by atoms with Crippen LogP contribution in [-0.2, 0) is 24.2 Å². The topological polar surface area (TPSA) is 98.4 Å². The van der Waals surface area contributed by atoms with Gasteiger partial charge in [-0.2, -0.15) is 18.3 Å². The Morgan fingerprint density at radius 2 is 2.03 bits per heavy atom. The van der Waals surface area contributed by atoms with Gasteiger partial charge in [-0.3, -0.25) is 4.79 Å². The molecule has 0 saturated carbocycles. The van der Waals surface area contributed by atoms with Gasteiger partial charge >= 0.3 is 12.1 Å². The lowest BCUT2D eigenvalue weighted by atomic mass is 10.2. The van der Waals surface area contributed by atoms with E-state index in [0.29, 0.717) is 11.3 Å². The highest BCUT2D eigenvalue weighted by molar-refractivity contribution is 6.76. The second-order valence-corrected chi connectivity index (χ2v) is 14.2. The van der Waals surface area contributed by atoms with Gasteiger partial charge in [0.25, 0.3) is 5.56 Å². The summed E-state index contributed by atoms with van der Waals surface area (Å²) < 4.78 is 48.4. The van der Waals surface area contributed by atoms with Crippen LogP contribution in [0.25, 0.3) is 0 Å². The Kier molecular flexibility index (Phi) is 7.71. The Bertz CT molecular complexity index is 966. The van der Waals surface area contributed by atoms with Crippen LogP contribution in [0.5, 0.6) is 0 Å². The fourth-order valence-corrected chi connectivity index (χ4v) is 3.56. The Balaban J connectivity index is 2.15. The summed E-state index contributed by atoms with van der Waals surface area (Å²) in [5, 5.41) is 15.4. The minimum atomic E-state index is -4.88. The number of hydrogen-bond acceptors (Lipinski definition) is 5. The number of aromatic carboxylic acids is 1. The van der Waals surface area contributed by atoms with Gasteiger partial charge in [0.05, 0.1) is 17.4 Å². The van der Waals surface area contributed by atoms with Crippen molar-refractivity contribution in [2.24, 2.45) is 0 Å². The van der Waals surface area contributed by atoms with Crippen molar-refractivity contribution in [3.8, 4) is 0 Å². The molecule has 0 fully saturated rings. The predicted molar refractivity (Wildman–Crippen MR) is 112 cm³/mol. The predicted octanol–water partition coefficient (Wildman–Crippen LogP) is 3.57. The van der Waals surface area contributed by atoms with Crippen molar-refractivity contribution in [2.45, 2.75) is 58.1 Å². The van der Waals surface area contributed by atoms with Crippen LogP contribution >= 0.6 is 0 Å². The minimum absolute atomic E-state index is 0.0709. The smallest absolute Gasteiger partial charge is 0.423 e. The van der Waals surface area contributed by atoms with Gasteiger partial charge in [0.15, 0.2) is 0 Å². The molecule has 0 spiro atoms. The standard InChI is InChI=1S/C19H27F3N4O4Si/c1-13(10-25-6-5-14(11-25)18(28)29)24-15-9-23-26(12-30-7-8-31(2,3)4)17(27)16(15)19(20,21)22/h5-6,9,11,13,24H,7-8,10,12H2,1-4H3,(H,28,29). The molecule has 2 aromatic rings. The maximum atomic E-state index is 13.6. The summed E-state index contributed by atoms with van der Waals surface area (Å²) in [6, 6.07) is 1.66. The molecular formula is C19H27F3N4O4Si. The maximum absolute atomic E-state index is 13.6. The molecule has 1 atom stereocenters. The van der Waals surface area contributed by atoms with Gasteiger partial charge < -0.3 is 19.7 Å². The molecule has 0 amide bonds. The SMILES string of the molecule is CC(Cn1ccc(C(=O)O)c1)Nc1cnn(COCC[Si](C)(C)C)c(=O)c1C(F)(F)F. The summed E-state index contributed by atoms with van der Waals surface area (Å²) in [5.41, 5.74) is -3.00. The first-order valence-electron chi connectivity index (χ1n) is 9.68. The third-order valence-corrected chi connectivity index (χ3v) is 6.13. The number of hydrogen-bond donors (Lipinski definition) is 2. The molecule has 12 heteroatoms. The van der Waals surface area contributed by atoms with Crippen molar-refractivity contribution in [3.05, 3.63) is 46.1 Å². The monoisotopic (exact) mass is 460 g/mol. The molecule has 0 aliphatic heterocycles. The van der Waals surface area contributed by atoms with Crippen LogP contribution in [0, 0.1) is 0 Å². The fraction of sp³-hybridized carbons (Fsp3) is 0.526. The second kappa shape index (κ2) is 9.69. The number of halogens is 3. The normalized spacial score (nSPS) is 13.3. The summed E-state index contributed by atoms with van der Waals surface area (Å²) in [6.45, 7) is 8.21. The first-order valence-corrected chi connectivity index (χ1v) is 13.4. The van der Waals surface area contributed by atoms with Gasteiger partial charge in [0.1, 0.15) is 12.3 Å². The molecule has 31 heavy (non-hydrogen) atoms. The van der Waals surface area contributed by atoms with Crippen molar-refractivity contribution < 1.29 is 27.8 Å².